The van der Waals surface area contributed by atoms with Crippen molar-refractivity contribution in [2.24, 2.45) is 5.73 Å². The van der Waals surface area contributed by atoms with Crippen LogP contribution in [0.1, 0.15) is 12.8 Å². The minimum Gasteiger partial charge on any atom is -0.381 e. The first-order chi connectivity index (χ1) is 8.12. The lowest BCUT2D eigenvalue weighted by atomic mass is 9.89. The number of ether oxygens (including phenoxy) is 1. The lowest BCUT2D eigenvalue weighted by Gasteiger charge is -2.35. The number of hydrogen-bond donors (Lipinski definition) is 2. The average molecular weight is 299 g/mol. The molecule has 1 amide bonds. The summed E-state index contributed by atoms with van der Waals surface area (Å²) in [5, 5.41) is 3.25. The number of primary amides is 1. The highest BCUT2D eigenvalue weighted by molar-refractivity contribution is 9.10. The van der Waals surface area contributed by atoms with Gasteiger partial charge in [0.25, 0.3) is 0 Å². The quantitative estimate of drug-likeness (QED) is 0.896. The van der Waals surface area contributed by atoms with Gasteiger partial charge in [-0.2, -0.15) is 0 Å². The lowest BCUT2D eigenvalue weighted by molar-refractivity contribution is -0.125. The maximum atomic E-state index is 11.6. The molecular formula is C12H15BrN2O2. The van der Waals surface area contributed by atoms with Gasteiger partial charge in [0.05, 0.1) is 0 Å². The molecule has 0 saturated carbocycles. The summed E-state index contributed by atoms with van der Waals surface area (Å²) in [4.78, 5) is 11.6. The number of nitrogens with one attached hydrogen (secondary N) is 1. The third kappa shape index (κ3) is 2.79. The first-order valence-corrected chi connectivity index (χ1v) is 6.33. The molecule has 0 unspecified atom stereocenters. The van der Waals surface area contributed by atoms with Crippen molar-refractivity contribution < 1.29 is 9.53 Å². The Labute approximate surface area is 109 Å². The first kappa shape index (κ1) is 12.4. The van der Waals surface area contributed by atoms with Gasteiger partial charge in [-0.15, -0.1) is 0 Å². The topological polar surface area (TPSA) is 64.4 Å². The van der Waals surface area contributed by atoms with Gasteiger partial charge in [-0.1, -0.05) is 15.9 Å². The van der Waals surface area contributed by atoms with E-state index < -0.39 is 5.54 Å². The molecule has 92 valence electrons. The standard InChI is InChI=1S/C12H15BrN2O2/c13-9-1-3-10(4-2-9)15-12(11(14)16)5-7-17-8-6-12/h1-4,15H,5-8H2,(H2,14,16). The molecule has 0 aliphatic carbocycles. The van der Waals surface area contributed by atoms with Crippen LogP contribution in [-0.4, -0.2) is 24.7 Å². The molecule has 1 aliphatic rings. The second-order valence-electron chi connectivity index (χ2n) is 4.19. The maximum Gasteiger partial charge on any atom is 0.243 e. The van der Waals surface area contributed by atoms with E-state index in [1.165, 1.54) is 0 Å². The molecule has 0 spiro atoms. The van der Waals surface area contributed by atoms with E-state index in [9.17, 15) is 4.79 Å². The maximum absolute atomic E-state index is 11.6. The Morgan fingerprint density at radius 3 is 2.41 bits per heavy atom. The molecule has 2 rings (SSSR count). The molecule has 1 aromatic rings. The van der Waals surface area contributed by atoms with E-state index in [1.54, 1.807) is 0 Å². The highest BCUT2D eigenvalue weighted by Gasteiger charge is 2.38. The molecule has 3 N–H and O–H groups in total. The van der Waals surface area contributed by atoms with Gasteiger partial charge in [0.15, 0.2) is 0 Å². The van der Waals surface area contributed by atoms with Gasteiger partial charge in [-0.3, -0.25) is 4.79 Å². The fourth-order valence-electron chi connectivity index (χ4n) is 1.96. The van der Waals surface area contributed by atoms with Gasteiger partial charge < -0.3 is 15.8 Å². The second kappa shape index (κ2) is 5.06. The van der Waals surface area contributed by atoms with E-state index in [0.29, 0.717) is 26.1 Å². The number of anilines is 1. The van der Waals surface area contributed by atoms with E-state index in [1.807, 2.05) is 24.3 Å². The number of hydrogen-bond acceptors (Lipinski definition) is 3. The Kier molecular flexibility index (Phi) is 3.69. The summed E-state index contributed by atoms with van der Waals surface area (Å²) in [6.07, 6.45) is 1.22. The van der Waals surface area contributed by atoms with Crippen molar-refractivity contribution in [3.63, 3.8) is 0 Å². The van der Waals surface area contributed by atoms with Crippen LogP contribution in [0.3, 0.4) is 0 Å². The van der Waals surface area contributed by atoms with Gasteiger partial charge in [0.1, 0.15) is 5.54 Å². The summed E-state index contributed by atoms with van der Waals surface area (Å²) >= 11 is 3.37. The van der Waals surface area contributed by atoms with Crippen LogP contribution < -0.4 is 11.1 Å². The molecular weight excluding hydrogens is 284 g/mol. The number of rotatable bonds is 3. The van der Waals surface area contributed by atoms with Crippen molar-refractivity contribution in [2.75, 3.05) is 18.5 Å². The van der Waals surface area contributed by atoms with E-state index in [0.717, 1.165) is 10.2 Å². The molecule has 17 heavy (non-hydrogen) atoms. The molecule has 0 bridgehead atoms. The minimum atomic E-state index is -0.675. The van der Waals surface area contributed by atoms with Crippen LogP contribution in [-0.2, 0) is 9.53 Å². The van der Waals surface area contributed by atoms with Gasteiger partial charge in [-0.25, -0.2) is 0 Å². The molecule has 5 heteroatoms. The largest absolute Gasteiger partial charge is 0.381 e. The van der Waals surface area contributed by atoms with E-state index in [4.69, 9.17) is 10.5 Å². The smallest absolute Gasteiger partial charge is 0.243 e. The van der Waals surface area contributed by atoms with Crippen molar-refractivity contribution in [2.45, 2.75) is 18.4 Å². The van der Waals surface area contributed by atoms with Crippen LogP contribution in [0.2, 0.25) is 0 Å². The molecule has 0 atom stereocenters. The van der Waals surface area contributed by atoms with Crippen LogP contribution in [0, 0.1) is 0 Å². The molecule has 0 aromatic heterocycles. The summed E-state index contributed by atoms with van der Waals surface area (Å²) in [7, 11) is 0. The number of carbonyl (C=O) groups is 1. The number of amides is 1. The Morgan fingerprint density at radius 2 is 1.88 bits per heavy atom. The highest BCUT2D eigenvalue weighted by Crippen LogP contribution is 2.26. The molecule has 1 heterocycles. The Bertz CT molecular complexity index is 399. The number of halogens is 1. The predicted molar refractivity (Wildman–Crippen MR) is 69.7 cm³/mol. The van der Waals surface area contributed by atoms with Crippen LogP contribution in [0.4, 0.5) is 5.69 Å². The average Bonchev–Trinajstić information content (AvgIpc) is 2.33. The normalized spacial score (nSPS) is 18.6. The predicted octanol–water partition coefficient (Wildman–Crippen LogP) is 1.90. The minimum absolute atomic E-state index is 0.316. The number of nitrogens with two attached hydrogens (primary N) is 1. The van der Waals surface area contributed by atoms with Crippen molar-refractivity contribution in [3.8, 4) is 0 Å². The second-order valence-corrected chi connectivity index (χ2v) is 5.11. The molecule has 1 aromatic carbocycles. The lowest BCUT2D eigenvalue weighted by Crippen LogP contribution is -2.53. The van der Waals surface area contributed by atoms with Crippen molar-refractivity contribution in [1.29, 1.82) is 0 Å². The van der Waals surface area contributed by atoms with Crippen LogP contribution >= 0.6 is 15.9 Å². The summed E-state index contributed by atoms with van der Waals surface area (Å²) in [5.41, 5.74) is 5.74. The van der Waals surface area contributed by atoms with E-state index in [2.05, 4.69) is 21.2 Å². The summed E-state index contributed by atoms with van der Waals surface area (Å²) < 4.78 is 6.28. The Hall–Kier alpha value is -1.07. The molecule has 1 aliphatic heterocycles. The monoisotopic (exact) mass is 298 g/mol. The van der Waals surface area contributed by atoms with Crippen molar-refractivity contribution >= 4 is 27.5 Å². The van der Waals surface area contributed by atoms with E-state index >= 15 is 0 Å². The van der Waals surface area contributed by atoms with Crippen molar-refractivity contribution in [3.05, 3.63) is 28.7 Å². The first-order valence-electron chi connectivity index (χ1n) is 5.54. The zero-order valence-electron chi connectivity index (χ0n) is 9.41. The molecule has 4 nitrogen and oxygen atoms in total. The zero-order chi connectivity index (χ0) is 12.3. The Morgan fingerprint density at radius 1 is 1.29 bits per heavy atom. The third-order valence-corrected chi connectivity index (χ3v) is 3.57. The fraction of sp³-hybridized carbons (Fsp3) is 0.417. The van der Waals surface area contributed by atoms with Gasteiger partial charge in [-0.05, 0) is 24.3 Å². The zero-order valence-corrected chi connectivity index (χ0v) is 11.0. The van der Waals surface area contributed by atoms with Crippen LogP contribution in [0.25, 0.3) is 0 Å². The van der Waals surface area contributed by atoms with Gasteiger partial charge in [0, 0.05) is 36.2 Å². The van der Waals surface area contributed by atoms with E-state index in [-0.39, 0.29) is 5.91 Å². The summed E-state index contributed by atoms with van der Waals surface area (Å²) in [6.45, 7) is 1.12. The summed E-state index contributed by atoms with van der Waals surface area (Å²) in [6, 6.07) is 7.70. The molecule has 1 saturated heterocycles. The Balaban J connectivity index is 2.17. The molecule has 1 fully saturated rings. The molecule has 0 radical (unpaired) electrons. The van der Waals surface area contributed by atoms with Crippen molar-refractivity contribution in [1.82, 2.24) is 0 Å². The number of carbonyl (C=O) groups excluding carboxylic acids is 1. The SMILES string of the molecule is NC(=O)C1(Nc2ccc(Br)cc2)CCOCC1. The van der Waals surface area contributed by atoms with Crippen LogP contribution in [0.15, 0.2) is 28.7 Å². The van der Waals surface area contributed by atoms with Gasteiger partial charge >= 0.3 is 0 Å². The highest BCUT2D eigenvalue weighted by atomic mass is 79.9. The fourth-order valence-corrected chi connectivity index (χ4v) is 2.23. The third-order valence-electron chi connectivity index (χ3n) is 3.05. The van der Waals surface area contributed by atoms with Gasteiger partial charge in [0.2, 0.25) is 5.91 Å². The summed E-state index contributed by atoms with van der Waals surface area (Å²) in [5.74, 6) is -0.316. The van der Waals surface area contributed by atoms with Crippen LogP contribution in [0.5, 0.6) is 0 Å². The number of benzene rings is 1.